The second kappa shape index (κ2) is 12.7. The number of Topliss-reactive ketones (excluding diaryl/α,β-unsaturated/α-hetero) is 1. The van der Waals surface area contributed by atoms with Crippen LogP contribution in [0.1, 0.15) is 76.8 Å². The maximum atomic E-state index is 13.2. The summed E-state index contributed by atoms with van der Waals surface area (Å²) in [6, 6.07) is 27.9. The third-order valence-electron chi connectivity index (χ3n) is 9.59. The van der Waals surface area contributed by atoms with Crippen LogP contribution in [0.5, 0.6) is 0 Å². The maximum absolute atomic E-state index is 13.2. The molecule has 0 spiro atoms. The van der Waals surface area contributed by atoms with E-state index in [1.807, 2.05) is 36.4 Å². The third-order valence-corrected chi connectivity index (χ3v) is 9.59. The second-order valence-corrected chi connectivity index (χ2v) is 12.4. The first-order chi connectivity index (χ1) is 20.9. The zero-order valence-corrected chi connectivity index (χ0v) is 24.6. The Morgan fingerprint density at radius 3 is 1.79 bits per heavy atom. The van der Waals surface area contributed by atoms with Crippen molar-refractivity contribution in [1.82, 2.24) is 9.80 Å². The van der Waals surface area contributed by atoms with Gasteiger partial charge in [0.2, 0.25) is 5.54 Å². The SMILES string of the molecule is O=C1C=C(CCCC2([N+](=O)[O-])CN(Cc3ccccc3)[C@@H]3CCCC[C@H]3N(Cc3ccccc3)C2)C(=O)c2ccccc21. The normalized spacial score (nSPS) is 22.3. The molecule has 0 radical (unpaired) electrons. The van der Waals surface area contributed by atoms with Gasteiger partial charge in [-0.2, -0.15) is 0 Å². The van der Waals surface area contributed by atoms with Crippen LogP contribution in [-0.4, -0.2) is 57.0 Å². The summed E-state index contributed by atoms with van der Waals surface area (Å²) in [6.45, 7) is 2.06. The number of hydrogen-bond acceptors (Lipinski definition) is 6. The van der Waals surface area contributed by atoms with E-state index in [0.717, 1.165) is 36.8 Å². The van der Waals surface area contributed by atoms with Gasteiger partial charge in [-0.3, -0.25) is 29.5 Å². The Bertz CT molecular complexity index is 1440. The maximum Gasteiger partial charge on any atom is 0.247 e. The fourth-order valence-electron chi connectivity index (χ4n) is 7.50. The lowest BCUT2D eigenvalue weighted by Crippen LogP contribution is -2.53. The molecule has 3 aromatic carbocycles. The Labute approximate surface area is 253 Å². The smallest absolute Gasteiger partial charge is 0.247 e. The fraction of sp³-hybridized carbons (Fsp3) is 0.389. The molecule has 3 aliphatic rings. The van der Waals surface area contributed by atoms with Crippen molar-refractivity contribution in [2.24, 2.45) is 0 Å². The molecule has 1 saturated carbocycles. The van der Waals surface area contributed by atoms with Crippen molar-refractivity contribution in [2.75, 3.05) is 13.1 Å². The number of benzene rings is 3. The van der Waals surface area contributed by atoms with E-state index in [-0.39, 0.29) is 28.6 Å². The van der Waals surface area contributed by atoms with Crippen LogP contribution in [0.25, 0.3) is 0 Å². The first-order valence-corrected chi connectivity index (χ1v) is 15.5. The summed E-state index contributed by atoms with van der Waals surface area (Å²) in [5.41, 5.74) is 2.42. The van der Waals surface area contributed by atoms with E-state index in [0.29, 0.717) is 62.1 Å². The highest BCUT2D eigenvalue weighted by Gasteiger charge is 2.52. The molecule has 0 N–H and O–H groups in total. The van der Waals surface area contributed by atoms with Gasteiger partial charge >= 0.3 is 0 Å². The predicted octanol–water partition coefficient (Wildman–Crippen LogP) is 6.51. The number of carbonyl (C=O) groups is 2. The summed E-state index contributed by atoms with van der Waals surface area (Å²) in [5.74, 6) is -0.315. The molecule has 1 heterocycles. The average molecular weight is 578 g/mol. The minimum atomic E-state index is -1.21. The molecular formula is C36H39N3O4. The largest absolute Gasteiger partial charge is 0.289 e. The molecule has 0 aromatic heterocycles. The molecule has 43 heavy (non-hydrogen) atoms. The first kappa shape index (κ1) is 29.1. The van der Waals surface area contributed by atoms with Crippen LogP contribution in [0.4, 0.5) is 0 Å². The molecule has 2 aliphatic carbocycles. The van der Waals surface area contributed by atoms with Crippen molar-refractivity contribution in [2.45, 2.75) is 75.7 Å². The highest BCUT2D eigenvalue weighted by Crippen LogP contribution is 2.37. The van der Waals surface area contributed by atoms with Crippen LogP contribution in [0.3, 0.4) is 0 Å². The number of hydrogen-bond donors (Lipinski definition) is 0. The zero-order valence-electron chi connectivity index (χ0n) is 24.6. The summed E-state index contributed by atoms with van der Waals surface area (Å²) in [6.07, 6.45) is 6.89. The summed E-state index contributed by atoms with van der Waals surface area (Å²) in [7, 11) is 0. The van der Waals surface area contributed by atoms with Gasteiger partial charge in [0, 0.05) is 53.2 Å². The van der Waals surface area contributed by atoms with Gasteiger partial charge in [0.05, 0.1) is 13.1 Å². The van der Waals surface area contributed by atoms with E-state index in [2.05, 4.69) is 34.1 Å². The molecule has 7 heteroatoms. The quantitative estimate of drug-likeness (QED) is 0.213. The second-order valence-electron chi connectivity index (χ2n) is 12.4. The van der Waals surface area contributed by atoms with Gasteiger partial charge in [0.1, 0.15) is 0 Å². The Balaban J connectivity index is 1.30. The molecule has 2 atom stereocenters. The first-order valence-electron chi connectivity index (χ1n) is 15.5. The van der Waals surface area contributed by atoms with E-state index < -0.39 is 5.54 Å². The number of nitro groups is 1. The van der Waals surface area contributed by atoms with Gasteiger partial charge in [-0.05, 0) is 42.9 Å². The van der Waals surface area contributed by atoms with Crippen molar-refractivity contribution in [3.05, 3.63) is 129 Å². The van der Waals surface area contributed by atoms with E-state index in [1.54, 1.807) is 24.3 Å². The van der Waals surface area contributed by atoms with Gasteiger partial charge in [-0.1, -0.05) is 97.8 Å². The van der Waals surface area contributed by atoms with Gasteiger partial charge in [0.15, 0.2) is 11.6 Å². The van der Waals surface area contributed by atoms with Crippen molar-refractivity contribution >= 4 is 11.6 Å². The number of allylic oxidation sites excluding steroid dienone is 2. The van der Waals surface area contributed by atoms with Crippen molar-refractivity contribution < 1.29 is 14.5 Å². The molecular weight excluding hydrogens is 538 g/mol. The minimum absolute atomic E-state index is 0.0438. The Morgan fingerprint density at radius 2 is 1.26 bits per heavy atom. The van der Waals surface area contributed by atoms with Gasteiger partial charge < -0.3 is 0 Å². The molecule has 6 rings (SSSR count). The van der Waals surface area contributed by atoms with Crippen LogP contribution < -0.4 is 0 Å². The summed E-state index contributed by atoms with van der Waals surface area (Å²) in [4.78, 5) is 43.9. The van der Waals surface area contributed by atoms with E-state index in [9.17, 15) is 19.7 Å². The van der Waals surface area contributed by atoms with E-state index in [4.69, 9.17) is 0 Å². The molecule has 7 nitrogen and oxygen atoms in total. The topological polar surface area (TPSA) is 83.8 Å². The molecule has 3 aromatic rings. The van der Waals surface area contributed by atoms with Crippen LogP contribution in [0.2, 0.25) is 0 Å². The highest BCUT2D eigenvalue weighted by molar-refractivity contribution is 6.24. The number of nitrogens with zero attached hydrogens (tertiary/aromatic N) is 3. The number of carbonyl (C=O) groups excluding carboxylic acids is 2. The zero-order chi connectivity index (χ0) is 29.8. The standard InChI is InChI=1S/C36H39N3O4/c40-34-22-29(35(41)31-18-8-7-17-30(31)34)16-11-21-36(39(42)43)25-37(23-27-12-3-1-4-13-27)32-19-9-10-20-33(32)38(26-36)24-28-14-5-2-6-15-28/h1-8,12-15,17-18,22,32-33H,9-11,16,19-21,23-26H2/t32-,33-/m1/s1. The Kier molecular flexibility index (Phi) is 8.63. The third kappa shape index (κ3) is 6.24. The van der Waals surface area contributed by atoms with Crippen LogP contribution in [0, 0.1) is 10.1 Å². The number of fused-ring (bicyclic) bond motifs is 2. The van der Waals surface area contributed by atoms with Crippen LogP contribution in [0.15, 0.2) is 96.6 Å². The van der Waals surface area contributed by atoms with Gasteiger partial charge in [-0.25, -0.2) is 0 Å². The molecule has 0 unspecified atom stereocenters. The predicted molar refractivity (Wildman–Crippen MR) is 167 cm³/mol. The van der Waals surface area contributed by atoms with Gasteiger partial charge in [0.25, 0.3) is 0 Å². The van der Waals surface area contributed by atoms with Crippen LogP contribution in [-0.2, 0) is 13.1 Å². The number of ketones is 2. The Hall–Kier alpha value is -3.94. The summed E-state index contributed by atoms with van der Waals surface area (Å²) in [5, 5.41) is 13.2. The number of rotatable bonds is 9. The van der Waals surface area contributed by atoms with Gasteiger partial charge in [-0.15, -0.1) is 0 Å². The highest BCUT2D eigenvalue weighted by atomic mass is 16.6. The minimum Gasteiger partial charge on any atom is -0.289 e. The molecule has 2 fully saturated rings. The molecule has 1 saturated heterocycles. The lowest BCUT2D eigenvalue weighted by Gasteiger charge is -2.42. The average Bonchev–Trinajstić information content (AvgIpc) is 3.16. The molecule has 1 aliphatic heterocycles. The molecule has 0 amide bonds. The van der Waals surface area contributed by atoms with E-state index >= 15 is 0 Å². The van der Waals surface area contributed by atoms with Crippen molar-refractivity contribution in [1.29, 1.82) is 0 Å². The fourth-order valence-corrected chi connectivity index (χ4v) is 7.50. The lowest BCUT2D eigenvalue weighted by molar-refractivity contribution is -0.572. The lowest BCUT2D eigenvalue weighted by atomic mass is 9.85. The summed E-state index contributed by atoms with van der Waals surface area (Å²) >= 11 is 0. The van der Waals surface area contributed by atoms with E-state index in [1.165, 1.54) is 6.08 Å². The monoisotopic (exact) mass is 577 g/mol. The van der Waals surface area contributed by atoms with Crippen molar-refractivity contribution in [3.63, 3.8) is 0 Å². The summed E-state index contributed by atoms with van der Waals surface area (Å²) < 4.78 is 0. The van der Waals surface area contributed by atoms with Crippen LogP contribution >= 0.6 is 0 Å². The Morgan fingerprint density at radius 1 is 0.744 bits per heavy atom. The molecule has 0 bridgehead atoms. The molecule has 222 valence electrons. The van der Waals surface area contributed by atoms with Crippen molar-refractivity contribution in [3.8, 4) is 0 Å².